The number of nitrogens with one attached hydrogen (secondary N) is 1. The molecule has 0 bridgehead atoms. The lowest BCUT2D eigenvalue weighted by atomic mass is 10.1. The second-order valence-corrected chi connectivity index (χ2v) is 7.33. The SMILES string of the molecule is Cc1c(C(=O)Nc2nc(-c3ccc(Br)cc3)cs2)oc2ccccc12. The van der Waals surface area contributed by atoms with Crippen LogP contribution in [-0.4, -0.2) is 10.9 Å². The lowest BCUT2D eigenvalue weighted by Crippen LogP contribution is -2.11. The number of rotatable bonds is 3. The number of para-hydroxylation sites is 1. The first-order valence-electron chi connectivity index (χ1n) is 7.63. The van der Waals surface area contributed by atoms with Crippen molar-refractivity contribution in [2.45, 2.75) is 6.92 Å². The van der Waals surface area contributed by atoms with E-state index in [2.05, 4.69) is 26.2 Å². The molecule has 1 amide bonds. The van der Waals surface area contributed by atoms with Crippen LogP contribution in [0.15, 0.2) is 62.8 Å². The minimum absolute atomic E-state index is 0.287. The number of fused-ring (bicyclic) bond motifs is 1. The van der Waals surface area contributed by atoms with Crippen molar-refractivity contribution in [1.82, 2.24) is 4.98 Å². The van der Waals surface area contributed by atoms with E-state index < -0.39 is 0 Å². The molecule has 0 atom stereocenters. The fraction of sp³-hybridized carbons (Fsp3) is 0.0526. The summed E-state index contributed by atoms with van der Waals surface area (Å²) >= 11 is 4.81. The van der Waals surface area contributed by atoms with Crippen LogP contribution in [0.4, 0.5) is 5.13 Å². The molecular weight excluding hydrogens is 400 g/mol. The quantitative estimate of drug-likeness (QED) is 0.456. The molecular formula is C19H13BrN2O2S. The minimum Gasteiger partial charge on any atom is -0.451 e. The Morgan fingerprint density at radius 1 is 1.16 bits per heavy atom. The Labute approximate surface area is 156 Å². The fourth-order valence-electron chi connectivity index (χ4n) is 2.63. The number of furan rings is 1. The van der Waals surface area contributed by atoms with E-state index in [4.69, 9.17) is 4.42 Å². The summed E-state index contributed by atoms with van der Waals surface area (Å²) in [6.45, 7) is 1.88. The van der Waals surface area contributed by atoms with Gasteiger partial charge in [0, 0.05) is 26.4 Å². The second kappa shape index (κ2) is 6.46. The Morgan fingerprint density at radius 3 is 2.68 bits per heavy atom. The lowest BCUT2D eigenvalue weighted by molar-refractivity contribution is 0.0998. The Hall–Kier alpha value is -2.44. The highest BCUT2D eigenvalue weighted by molar-refractivity contribution is 9.10. The molecule has 0 radical (unpaired) electrons. The zero-order valence-electron chi connectivity index (χ0n) is 13.2. The van der Waals surface area contributed by atoms with Crippen molar-refractivity contribution in [3.05, 3.63) is 69.7 Å². The van der Waals surface area contributed by atoms with Gasteiger partial charge in [-0.2, -0.15) is 0 Å². The highest BCUT2D eigenvalue weighted by atomic mass is 79.9. The number of hydrogen-bond acceptors (Lipinski definition) is 4. The Kier molecular flexibility index (Phi) is 4.15. The second-order valence-electron chi connectivity index (χ2n) is 5.55. The summed E-state index contributed by atoms with van der Waals surface area (Å²) in [5, 5.41) is 6.24. The Morgan fingerprint density at radius 2 is 1.92 bits per heavy atom. The van der Waals surface area contributed by atoms with Gasteiger partial charge in [-0.3, -0.25) is 10.1 Å². The van der Waals surface area contributed by atoms with Crippen molar-refractivity contribution in [3.8, 4) is 11.3 Å². The highest BCUT2D eigenvalue weighted by Crippen LogP contribution is 2.28. The van der Waals surface area contributed by atoms with Gasteiger partial charge in [-0.25, -0.2) is 4.98 Å². The van der Waals surface area contributed by atoms with Gasteiger partial charge in [0.05, 0.1) is 5.69 Å². The van der Waals surface area contributed by atoms with Crippen LogP contribution in [0.5, 0.6) is 0 Å². The molecule has 2 aromatic heterocycles. The van der Waals surface area contributed by atoms with E-state index in [1.54, 1.807) is 0 Å². The smallest absolute Gasteiger partial charge is 0.293 e. The molecule has 0 fully saturated rings. The average Bonchev–Trinajstić information content (AvgIpc) is 3.21. The van der Waals surface area contributed by atoms with E-state index in [-0.39, 0.29) is 5.91 Å². The van der Waals surface area contributed by atoms with Gasteiger partial charge in [0.2, 0.25) is 0 Å². The van der Waals surface area contributed by atoms with Crippen LogP contribution < -0.4 is 5.32 Å². The van der Waals surface area contributed by atoms with Crippen LogP contribution in [0, 0.1) is 6.92 Å². The molecule has 4 nitrogen and oxygen atoms in total. The van der Waals surface area contributed by atoms with Gasteiger partial charge in [-0.15, -0.1) is 11.3 Å². The molecule has 0 spiro atoms. The van der Waals surface area contributed by atoms with Crippen molar-refractivity contribution in [1.29, 1.82) is 0 Å². The van der Waals surface area contributed by atoms with E-state index >= 15 is 0 Å². The monoisotopic (exact) mass is 412 g/mol. The number of thiazole rings is 1. The van der Waals surface area contributed by atoms with Crippen LogP contribution in [-0.2, 0) is 0 Å². The number of carbonyl (C=O) groups is 1. The molecule has 25 heavy (non-hydrogen) atoms. The maximum Gasteiger partial charge on any atom is 0.293 e. The highest BCUT2D eigenvalue weighted by Gasteiger charge is 2.18. The molecule has 0 aliphatic heterocycles. The maximum atomic E-state index is 12.6. The lowest BCUT2D eigenvalue weighted by Gasteiger charge is -2.00. The number of halogens is 1. The van der Waals surface area contributed by atoms with E-state index in [9.17, 15) is 4.79 Å². The van der Waals surface area contributed by atoms with Gasteiger partial charge in [0.1, 0.15) is 5.58 Å². The third-order valence-electron chi connectivity index (χ3n) is 3.91. The van der Waals surface area contributed by atoms with Crippen LogP contribution in [0.1, 0.15) is 16.1 Å². The average molecular weight is 413 g/mol. The molecule has 4 rings (SSSR count). The van der Waals surface area contributed by atoms with Gasteiger partial charge in [0.25, 0.3) is 5.91 Å². The molecule has 0 saturated heterocycles. The van der Waals surface area contributed by atoms with Gasteiger partial charge in [-0.05, 0) is 25.1 Å². The van der Waals surface area contributed by atoms with E-state index in [1.165, 1.54) is 11.3 Å². The molecule has 2 aromatic carbocycles. The van der Waals surface area contributed by atoms with Crippen molar-refractivity contribution < 1.29 is 9.21 Å². The molecule has 1 N–H and O–H groups in total. The molecule has 0 aliphatic carbocycles. The Bertz CT molecular complexity index is 1070. The third-order valence-corrected chi connectivity index (χ3v) is 5.20. The zero-order valence-corrected chi connectivity index (χ0v) is 15.6. The first kappa shape index (κ1) is 16.1. The molecule has 124 valence electrons. The normalized spacial score (nSPS) is 11.0. The number of amides is 1. The van der Waals surface area contributed by atoms with Crippen LogP contribution in [0.2, 0.25) is 0 Å². The molecule has 2 heterocycles. The predicted molar refractivity (Wildman–Crippen MR) is 104 cm³/mol. The van der Waals surface area contributed by atoms with E-state index in [0.29, 0.717) is 16.5 Å². The number of hydrogen-bond donors (Lipinski definition) is 1. The summed E-state index contributed by atoms with van der Waals surface area (Å²) in [6.07, 6.45) is 0. The maximum absolute atomic E-state index is 12.6. The zero-order chi connectivity index (χ0) is 17.4. The van der Waals surface area contributed by atoms with Crippen LogP contribution >= 0.6 is 27.3 Å². The summed E-state index contributed by atoms with van der Waals surface area (Å²) in [6, 6.07) is 15.5. The number of aromatic nitrogens is 1. The summed E-state index contributed by atoms with van der Waals surface area (Å²) in [5.41, 5.74) is 3.37. The van der Waals surface area contributed by atoms with Crippen LogP contribution in [0.25, 0.3) is 22.2 Å². The topological polar surface area (TPSA) is 55.1 Å². The van der Waals surface area contributed by atoms with E-state index in [0.717, 1.165) is 26.7 Å². The summed E-state index contributed by atoms with van der Waals surface area (Å²) in [5.74, 6) is 0.0343. The first-order valence-corrected chi connectivity index (χ1v) is 9.30. The van der Waals surface area contributed by atoms with Gasteiger partial charge in [-0.1, -0.05) is 46.3 Å². The summed E-state index contributed by atoms with van der Waals surface area (Å²) in [4.78, 5) is 17.0. The summed E-state index contributed by atoms with van der Waals surface area (Å²) in [7, 11) is 0. The minimum atomic E-state index is -0.287. The molecule has 0 aliphatic rings. The van der Waals surface area contributed by atoms with E-state index in [1.807, 2.05) is 60.8 Å². The number of anilines is 1. The molecule has 0 unspecified atom stereocenters. The summed E-state index contributed by atoms with van der Waals surface area (Å²) < 4.78 is 6.71. The van der Waals surface area contributed by atoms with Gasteiger partial charge >= 0.3 is 0 Å². The number of carbonyl (C=O) groups excluding carboxylic acids is 1. The largest absolute Gasteiger partial charge is 0.451 e. The van der Waals surface area contributed by atoms with Crippen molar-refractivity contribution in [3.63, 3.8) is 0 Å². The molecule has 4 aromatic rings. The Balaban J connectivity index is 1.58. The number of nitrogens with zero attached hydrogens (tertiary/aromatic N) is 1. The predicted octanol–water partition coefficient (Wildman–Crippen LogP) is 5.88. The van der Waals surface area contributed by atoms with Crippen molar-refractivity contribution >= 4 is 49.3 Å². The fourth-order valence-corrected chi connectivity index (χ4v) is 3.61. The standard InChI is InChI=1S/C19H13BrN2O2S/c1-11-14-4-2-3-5-16(14)24-17(11)18(23)22-19-21-15(10-25-19)12-6-8-13(20)9-7-12/h2-10H,1H3,(H,21,22,23). The third kappa shape index (κ3) is 3.10. The van der Waals surface area contributed by atoms with Gasteiger partial charge < -0.3 is 4.42 Å². The van der Waals surface area contributed by atoms with Crippen molar-refractivity contribution in [2.75, 3.05) is 5.32 Å². The number of benzene rings is 2. The van der Waals surface area contributed by atoms with Crippen molar-refractivity contribution in [2.24, 2.45) is 0 Å². The first-order chi connectivity index (χ1) is 12.1. The van der Waals surface area contributed by atoms with Crippen LogP contribution in [0.3, 0.4) is 0 Å². The molecule has 0 saturated carbocycles. The number of aryl methyl sites for hydroxylation is 1. The molecule has 6 heteroatoms. The van der Waals surface area contributed by atoms with Gasteiger partial charge in [0.15, 0.2) is 10.9 Å².